The number of ether oxygens (including phenoxy) is 12. The Morgan fingerprint density at radius 3 is 0.750 bits per heavy atom. The summed E-state index contributed by atoms with van der Waals surface area (Å²) in [4.78, 5) is 108. The molecule has 0 aromatic carbocycles. The maximum Gasteiger partial charge on any atom is 0.404 e. The van der Waals surface area contributed by atoms with E-state index in [2.05, 4.69) is 0 Å². The Morgan fingerprint density at radius 1 is 0.285 bits per heavy atom. The van der Waals surface area contributed by atoms with Crippen LogP contribution in [-0.4, -0.2) is 150 Å². The molecular formula is C114H201F9O21. The number of rotatable bonds is 31. The predicted molar refractivity (Wildman–Crippen MR) is 545 cm³/mol. The molecule has 0 spiro atoms. The van der Waals surface area contributed by atoms with Crippen molar-refractivity contribution < 1.29 is 140 Å². The minimum atomic E-state index is -4.67. The molecular weight excluding hydrogens is 1880 g/mol. The molecule has 24 saturated carbocycles. The van der Waals surface area contributed by atoms with Crippen molar-refractivity contribution in [2.45, 2.75) is 453 Å². The molecule has 24 aliphatic carbocycles. The molecule has 144 heavy (non-hydrogen) atoms. The fourth-order valence-corrected chi connectivity index (χ4v) is 28.3. The van der Waals surface area contributed by atoms with Gasteiger partial charge >= 0.3 is 54.3 Å². The fourth-order valence-electron chi connectivity index (χ4n) is 28.3. The summed E-state index contributed by atoms with van der Waals surface area (Å²) in [5, 5.41) is 0. The lowest BCUT2D eigenvalue weighted by atomic mass is 9.50. The van der Waals surface area contributed by atoms with Gasteiger partial charge in [-0.15, -0.1) is 0 Å². The third-order valence-electron chi connectivity index (χ3n) is 36.8. The molecule has 24 bridgehead atoms. The third-order valence-corrected chi connectivity index (χ3v) is 36.8. The zero-order valence-corrected chi connectivity index (χ0v) is 80.7. The Labute approximate surface area is 863 Å². The first-order valence-corrected chi connectivity index (χ1v) is 50.6. The largest absolute Gasteiger partial charge is 0.438 e. The average molecular weight is 2080 g/mol. The van der Waals surface area contributed by atoms with Gasteiger partial charge < -0.3 is 56.8 Å². The highest BCUT2D eigenvalue weighted by atomic mass is 19.4. The van der Waals surface area contributed by atoms with Crippen molar-refractivity contribution in [3.05, 3.63) is 0 Å². The van der Waals surface area contributed by atoms with E-state index in [-0.39, 0.29) is 231 Å². The first kappa shape index (κ1) is 137. The molecule has 0 saturated heterocycles. The van der Waals surface area contributed by atoms with Gasteiger partial charge in [-0.25, -0.2) is 0 Å². The van der Waals surface area contributed by atoms with E-state index >= 15 is 0 Å². The molecule has 0 aromatic heterocycles. The van der Waals surface area contributed by atoms with Crippen LogP contribution in [0.15, 0.2) is 0 Å². The van der Waals surface area contributed by atoms with Crippen LogP contribution >= 0.6 is 0 Å². The molecule has 21 nitrogen and oxygen atoms in total. The van der Waals surface area contributed by atoms with Crippen LogP contribution in [0.4, 0.5) is 39.5 Å². The zero-order chi connectivity index (χ0) is 95.9. The van der Waals surface area contributed by atoms with Gasteiger partial charge in [-0.05, 0) is 373 Å². The number of carbonyl (C=O) groups excluding carboxylic acids is 9. The molecule has 0 aliphatic heterocycles. The van der Waals surface area contributed by atoms with Gasteiger partial charge in [-0.1, -0.05) is 138 Å². The molecule has 24 rings (SSSR count). The summed E-state index contributed by atoms with van der Waals surface area (Å²) in [5.41, 5.74) is -8.15. The first-order valence-electron chi connectivity index (χ1n) is 50.6. The molecule has 846 valence electrons. The van der Waals surface area contributed by atoms with Crippen molar-refractivity contribution in [2.75, 3.05) is 47.4 Å². The van der Waals surface area contributed by atoms with Gasteiger partial charge in [0, 0.05) is 35.5 Å². The standard InChI is InChI=1S/C18H27F3O3.C17H23F3O4.C17H25F3O3.C17H26O4.C17H28O3.C16H24O4.12CH4/c1-3-16(2,18(19,20)21)15(22)24-11-23-10-17-7-12-4-13(8-17)6-14(5-12)9-17;1-3-16(2,17(18,19)20)15(22)24-8-23-14-11-5-9-4-10(7-11)13(21)12(14)6-9;1-3-16(2,17(18,19)20)15(21)23-9-22-14-12-5-10-4-11(7-12)8-13(14)6-10;1-4-17(2,3)16(19)21-9-20-15-12-6-10-5-11(8-12)14(18)13(15)7-10;1-4-17(2,3)16(18)20-10-19-15-13-6-11-5-12(8-13)9-14(15)7-11;1-3-9(2)16(18)20-8-19-15-12-5-10-4-11(7-12)14(17)13(15)6-10;;;;;;;;;;;;/h12-14H,3-11H2,1-2H3;9-12,14H,3-8H2,1-2H3;10-14H,3-9H2,1-2H3;10-13,15H,4-9H2,1-3H3;11-15H,4-10H2,1-3H3;9-13,15H,3-8H2,1-2H3;12*1H4. The minimum Gasteiger partial charge on any atom is -0.438 e. The monoisotopic (exact) mass is 2080 g/mol. The molecule has 0 amide bonds. The van der Waals surface area contributed by atoms with Crippen LogP contribution in [0, 0.1) is 175 Å². The van der Waals surface area contributed by atoms with Gasteiger partial charge in [0.1, 0.15) is 17.3 Å². The predicted octanol–water partition coefficient (Wildman–Crippen LogP) is 29.4. The van der Waals surface area contributed by atoms with Crippen molar-refractivity contribution in [1.82, 2.24) is 0 Å². The Kier molecular flexibility index (Phi) is 52.8. The van der Waals surface area contributed by atoms with E-state index in [1.807, 2.05) is 55.4 Å². The molecule has 24 fully saturated rings. The summed E-state index contributed by atoms with van der Waals surface area (Å²) in [7, 11) is 0. The summed E-state index contributed by atoms with van der Waals surface area (Å²) in [6.07, 6.45) is 19.6. The van der Waals surface area contributed by atoms with Crippen LogP contribution in [0.25, 0.3) is 0 Å². The Bertz CT molecular complexity index is 3910. The topological polar surface area (TPSA) is 264 Å². The second-order valence-electron chi connectivity index (χ2n) is 46.3. The lowest BCUT2D eigenvalue weighted by molar-refractivity contribution is -0.242. The number of Topliss-reactive ketones (excluding diaryl/α,β-unsaturated/α-hetero) is 3. The quantitative estimate of drug-likeness (QED) is 0.0205. The van der Waals surface area contributed by atoms with Gasteiger partial charge in [0.25, 0.3) is 0 Å². The van der Waals surface area contributed by atoms with Crippen molar-refractivity contribution in [1.29, 1.82) is 0 Å². The van der Waals surface area contributed by atoms with E-state index in [0.717, 1.165) is 214 Å². The Hall–Kier alpha value is -5.04. The molecule has 30 heteroatoms. The summed E-state index contributed by atoms with van der Waals surface area (Å²) in [6.45, 7) is 21.4. The number of carbonyl (C=O) groups is 9. The van der Waals surface area contributed by atoms with Crippen LogP contribution in [0.5, 0.6) is 0 Å². The molecule has 0 N–H and O–H groups in total. The number of hydrogen-bond acceptors (Lipinski definition) is 21. The van der Waals surface area contributed by atoms with Gasteiger partial charge in [-0.3, -0.25) is 43.2 Å². The molecule has 24 aliphatic rings. The highest BCUT2D eigenvalue weighted by Gasteiger charge is 2.63. The first-order chi connectivity index (χ1) is 62.1. The number of hydrogen-bond donors (Lipinski definition) is 0. The second kappa shape index (κ2) is 55.5. The number of halogens is 9. The van der Waals surface area contributed by atoms with E-state index in [9.17, 15) is 82.7 Å². The molecule has 0 heterocycles. The Balaban J connectivity index is 0.000000851. The van der Waals surface area contributed by atoms with Gasteiger partial charge in [0.2, 0.25) is 0 Å². The second-order valence-corrected chi connectivity index (χ2v) is 46.3. The highest BCUT2D eigenvalue weighted by molar-refractivity contribution is 5.88. The maximum atomic E-state index is 13.0. The van der Waals surface area contributed by atoms with Crippen molar-refractivity contribution in [2.24, 2.45) is 175 Å². The summed E-state index contributed by atoms with van der Waals surface area (Å²) in [5.74, 6) is 8.75. The Morgan fingerprint density at radius 2 is 0.507 bits per heavy atom. The SMILES string of the molecule is C.C.C.C.C.C.C.C.C.C.C.C.CCC(C)(C(=O)OCOC1C2CC3CC(C2)C(=O)C1C3)C(F)(F)F.CCC(C)(C(=O)OCOC1C2CC3CC(C2)CC1C3)C(F)(F)F.CCC(C)(C(=O)OCOCC12CC3CC(CC(C3)C1)C2)C(F)(F)F.CCC(C)(C)C(=O)OCOC1C2CC3CC(C2)C(=O)C1C3.CCC(C)(C)C(=O)OCOC1C2CC3CC(C2)CC1C3.CCC(C)C(=O)OCOC1C2CC3CC(C2)C(=O)C1C3. The van der Waals surface area contributed by atoms with Gasteiger partial charge in [-0.2, -0.15) is 39.5 Å². The number of esters is 6. The van der Waals surface area contributed by atoms with Crippen molar-refractivity contribution in [3.63, 3.8) is 0 Å². The lowest BCUT2D eigenvalue weighted by Crippen LogP contribution is -2.55. The highest BCUT2D eigenvalue weighted by Crippen LogP contribution is 2.63. The van der Waals surface area contributed by atoms with E-state index in [0.29, 0.717) is 59.8 Å². The van der Waals surface area contributed by atoms with Crippen LogP contribution in [-0.2, 0) is 100.0 Å². The summed E-state index contributed by atoms with van der Waals surface area (Å²) in [6, 6.07) is 0. The van der Waals surface area contributed by atoms with E-state index < -0.39 is 76.7 Å². The van der Waals surface area contributed by atoms with E-state index in [1.165, 1.54) is 91.4 Å². The van der Waals surface area contributed by atoms with E-state index in [4.69, 9.17) is 56.8 Å². The van der Waals surface area contributed by atoms with Crippen LogP contribution in [0.2, 0.25) is 0 Å². The minimum absolute atomic E-state index is 0. The third kappa shape index (κ3) is 30.1. The number of ketones is 3. The maximum absolute atomic E-state index is 13.0. The summed E-state index contributed by atoms with van der Waals surface area (Å²) >= 11 is 0. The normalized spacial score (nSPS) is 35.1. The molecule has 19 atom stereocenters. The van der Waals surface area contributed by atoms with Gasteiger partial charge in [0.15, 0.2) is 57.0 Å². The van der Waals surface area contributed by atoms with Gasteiger partial charge in [0.05, 0.1) is 53.9 Å². The average Bonchev–Trinajstić information content (AvgIpc) is 0.747. The van der Waals surface area contributed by atoms with E-state index in [1.54, 1.807) is 0 Å². The van der Waals surface area contributed by atoms with Crippen LogP contribution in [0.1, 0.15) is 404 Å². The summed E-state index contributed by atoms with van der Waals surface area (Å²) < 4.78 is 182. The van der Waals surface area contributed by atoms with Crippen molar-refractivity contribution in [3.8, 4) is 0 Å². The zero-order valence-electron chi connectivity index (χ0n) is 80.7. The molecule has 0 aromatic rings. The fraction of sp³-hybridized carbons (Fsp3) is 0.921. The molecule has 19 unspecified atom stereocenters. The number of alkyl halides is 9. The molecule has 0 radical (unpaired) electrons. The van der Waals surface area contributed by atoms with Crippen LogP contribution < -0.4 is 0 Å². The van der Waals surface area contributed by atoms with Crippen molar-refractivity contribution >= 4 is 53.2 Å². The smallest absolute Gasteiger partial charge is 0.404 e. The lowest BCUT2D eigenvalue weighted by Gasteiger charge is -2.56. The van der Waals surface area contributed by atoms with Crippen LogP contribution in [0.3, 0.4) is 0 Å².